The van der Waals surface area contributed by atoms with Crippen LogP contribution in [0.4, 0.5) is 5.69 Å². The highest BCUT2D eigenvalue weighted by molar-refractivity contribution is 7.88. The van der Waals surface area contributed by atoms with Crippen molar-refractivity contribution in [2.45, 2.75) is 32.6 Å². The van der Waals surface area contributed by atoms with E-state index >= 15 is 0 Å². The van der Waals surface area contributed by atoms with Gasteiger partial charge in [0.25, 0.3) is 5.69 Å². The van der Waals surface area contributed by atoms with Crippen molar-refractivity contribution >= 4 is 15.7 Å². The summed E-state index contributed by atoms with van der Waals surface area (Å²) in [6, 6.07) is 5.07. The first-order chi connectivity index (χ1) is 9.55. The molecule has 1 unspecified atom stereocenters. The fourth-order valence-corrected chi connectivity index (χ4v) is 3.37. The molecule has 1 rings (SSSR count). The lowest BCUT2D eigenvalue weighted by Crippen LogP contribution is -2.48. The van der Waals surface area contributed by atoms with Crippen LogP contribution in [0.3, 0.4) is 0 Å². The molecule has 0 aliphatic carbocycles. The van der Waals surface area contributed by atoms with E-state index in [9.17, 15) is 18.5 Å². The Morgan fingerprint density at radius 3 is 2.19 bits per heavy atom. The zero-order valence-electron chi connectivity index (χ0n) is 12.4. The van der Waals surface area contributed by atoms with E-state index in [0.29, 0.717) is 5.56 Å². The van der Waals surface area contributed by atoms with Crippen molar-refractivity contribution < 1.29 is 13.3 Å². The van der Waals surface area contributed by atoms with Crippen molar-refractivity contribution in [3.63, 3.8) is 0 Å². The SMILES string of the molecule is CC(C)(C)C(CN)NS(=O)(=O)Cc1ccc([N+](=O)[O-])cc1. The number of nitrogens with zero attached hydrogens (tertiary/aromatic N) is 1. The smallest absolute Gasteiger partial charge is 0.269 e. The van der Waals surface area contributed by atoms with E-state index in [1.807, 2.05) is 20.8 Å². The lowest BCUT2D eigenvalue weighted by atomic mass is 9.88. The van der Waals surface area contributed by atoms with Crippen LogP contribution in [0.15, 0.2) is 24.3 Å². The number of nitro benzene ring substituents is 1. The minimum atomic E-state index is -3.56. The molecule has 0 amide bonds. The summed E-state index contributed by atoms with van der Waals surface area (Å²) in [5.41, 5.74) is 5.73. The largest absolute Gasteiger partial charge is 0.329 e. The molecule has 7 nitrogen and oxygen atoms in total. The Labute approximate surface area is 124 Å². The quantitative estimate of drug-likeness (QED) is 0.608. The maximum atomic E-state index is 12.1. The van der Waals surface area contributed by atoms with Gasteiger partial charge in [0.2, 0.25) is 10.0 Å². The molecule has 0 aliphatic heterocycles. The zero-order valence-corrected chi connectivity index (χ0v) is 13.2. The molecular formula is C13H21N3O4S. The van der Waals surface area contributed by atoms with Gasteiger partial charge in [0, 0.05) is 24.7 Å². The molecular weight excluding hydrogens is 294 g/mol. The maximum absolute atomic E-state index is 12.1. The van der Waals surface area contributed by atoms with E-state index in [0.717, 1.165) is 0 Å². The van der Waals surface area contributed by atoms with Gasteiger partial charge >= 0.3 is 0 Å². The van der Waals surface area contributed by atoms with E-state index in [-0.39, 0.29) is 29.4 Å². The number of hydrogen-bond donors (Lipinski definition) is 2. The predicted octanol–water partition coefficient (Wildman–Crippen LogP) is 1.39. The van der Waals surface area contributed by atoms with E-state index in [1.165, 1.54) is 24.3 Å². The van der Waals surface area contributed by atoms with Crippen LogP contribution in [0.25, 0.3) is 0 Å². The highest BCUT2D eigenvalue weighted by Crippen LogP contribution is 2.20. The minimum absolute atomic E-state index is 0.0707. The van der Waals surface area contributed by atoms with Gasteiger partial charge in [0.05, 0.1) is 10.7 Å². The highest BCUT2D eigenvalue weighted by atomic mass is 32.2. The Balaban J connectivity index is 2.83. The second-order valence-corrected chi connectivity index (χ2v) is 7.71. The molecule has 8 heteroatoms. The van der Waals surface area contributed by atoms with Crippen LogP contribution in [0.5, 0.6) is 0 Å². The number of nitrogens with two attached hydrogens (primary N) is 1. The Morgan fingerprint density at radius 2 is 1.81 bits per heavy atom. The fourth-order valence-electron chi connectivity index (χ4n) is 1.77. The summed E-state index contributed by atoms with van der Waals surface area (Å²) in [6.45, 7) is 5.90. The van der Waals surface area contributed by atoms with Gasteiger partial charge in [-0.2, -0.15) is 0 Å². The number of nitrogens with one attached hydrogen (secondary N) is 1. The van der Waals surface area contributed by atoms with Crippen molar-refractivity contribution in [2.24, 2.45) is 11.1 Å². The van der Waals surface area contributed by atoms with Crippen LogP contribution in [0.1, 0.15) is 26.3 Å². The van der Waals surface area contributed by atoms with Gasteiger partial charge in [-0.15, -0.1) is 0 Å². The molecule has 0 saturated carbocycles. The van der Waals surface area contributed by atoms with Crippen LogP contribution in [0, 0.1) is 15.5 Å². The zero-order chi connectivity index (χ0) is 16.3. The normalized spacial score (nSPS) is 13.9. The van der Waals surface area contributed by atoms with Gasteiger partial charge in [0.1, 0.15) is 0 Å². The second-order valence-electron chi connectivity index (χ2n) is 5.95. The van der Waals surface area contributed by atoms with Crippen molar-refractivity contribution in [1.29, 1.82) is 0 Å². The van der Waals surface area contributed by atoms with Gasteiger partial charge in [-0.1, -0.05) is 32.9 Å². The lowest BCUT2D eigenvalue weighted by Gasteiger charge is -2.30. The maximum Gasteiger partial charge on any atom is 0.269 e. The van der Waals surface area contributed by atoms with Crippen LogP contribution in [-0.2, 0) is 15.8 Å². The average molecular weight is 315 g/mol. The lowest BCUT2D eigenvalue weighted by molar-refractivity contribution is -0.384. The number of benzene rings is 1. The van der Waals surface area contributed by atoms with Gasteiger partial charge < -0.3 is 5.73 Å². The van der Waals surface area contributed by atoms with E-state index in [1.54, 1.807) is 0 Å². The molecule has 3 N–H and O–H groups in total. The Bertz CT molecular complexity index is 591. The van der Waals surface area contributed by atoms with Crippen LogP contribution in [-0.4, -0.2) is 25.9 Å². The first kappa shape index (κ1) is 17.5. The molecule has 21 heavy (non-hydrogen) atoms. The Kier molecular flexibility index (Phi) is 5.43. The van der Waals surface area contributed by atoms with E-state index in [4.69, 9.17) is 5.73 Å². The average Bonchev–Trinajstić information content (AvgIpc) is 2.34. The summed E-state index contributed by atoms with van der Waals surface area (Å²) in [5, 5.41) is 10.6. The number of rotatable bonds is 6. The molecule has 118 valence electrons. The molecule has 1 atom stereocenters. The number of non-ortho nitro benzene ring substituents is 1. The van der Waals surface area contributed by atoms with Gasteiger partial charge in [0.15, 0.2) is 0 Å². The van der Waals surface area contributed by atoms with Crippen molar-refractivity contribution in [1.82, 2.24) is 4.72 Å². The summed E-state index contributed by atoms with van der Waals surface area (Å²) < 4.78 is 26.9. The van der Waals surface area contributed by atoms with Gasteiger partial charge in [-0.3, -0.25) is 10.1 Å². The molecule has 0 bridgehead atoms. The molecule has 0 spiro atoms. The Hall–Kier alpha value is -1.51. The Morgan fingerprint density at radius 1 is 1.29 bits per heavy atom. The third-order valence-electron chi connectivity index (χ3n) is 3.11. The van der Waals surface area contributed by atoms with E-state index < -0.39 is 14.9 Å². The molecule has 0 heterocycles. The molecule has 0 radical (unpaired) electrons. The summed E-state index contributed by atoms with van der Waals surface area (Å²) in [6.07, 6.45) is 0. The third-order valence-corrected chi connectivity index (χ3v) is 4.46. The van der Waals surface area contributed by atoms with Crippen molar-refractivity contribution in [3.05, 3.63) is 39.9 Å². The first-order valence-corrected chi connectivity index (χ1v) is 8.14. The molecule has 0 saturated heterocycles. The van der Waals surface area contributed by atoms with Gasteiger partial charge in [-0.05, 0) is 11.0 Å². The highest BCUT2D eigenvalue weighted by Gasteiger charge is 2.27. The summed E-state index contributed by atoms with van der Waals surface area (Å²) in [4.78, 5) is 10.0. The van der Waals surface area contributed by atoms with Crippen molar-refractivity contribution in [2.75, 3.05) is 6.54 Å². The predicted molar refractivity (Wildman–Crippen MR) is 81.2 cm³/mol. The fraction of sp³-hybridized carbons (Fsp3) is 0.538. The summed E-state index contributed by atoms with van der Waals surface area (Å²) in [5.74, 6) is -0.239. The molecule has 1 aromatic rings. The molecule has 0 fully saturated rings. The topological polar surface area (TPSA) is 115 Å². The van der Waals surface area contributed by atoms with Crippen LogP contribution >= 0.6 is 0 Å². The van der Waals surface area contributed by atoms with E-state index in [2.05, 4.69) is 4.72 Å². The van der Waals surface area contributed by atoms with Crippen LogP contribution < -0.4 is 10.5 Å². The number of hydrogen-bond acceptors (Lipinski definition) is 5. The standard InChI is InChI=1S/C13H21N3O4S/c1-13(2,3)12(8-14)15-21(19,20)9-10-4-6-11(7-5-10)16(17)18/h4-7,12,15H,8-9,14H2,1-3H3. The summed E-state index contributed by atoms with van der Waals surface area (Å²) in [7, 11) is -3.56. The monoisotopic (exact) mass is 315 g/mol. The van der Waals surface area contributed by atoms with Crippen LogP contribution in [0.2, 0.25) is 0 Å². The molecule has 0 aliphatic rings. The molecule has 0 aromatic heterocycles. The number of nitro groups is 1. The molecule has 1 aromatic carbocycles. The first-order valence-electron chi connectivity index (χ1n) is 6.48. The number of sulfonamides is 1. The van der Waals surface area contributed by atoms with Gasteiger partial charge in [-0.25, -0.2) is 13.1 Å². The summed E-state index contributed by atoms with van der Waals surface area (Å²) >= 11 is 0. The second kappa shape index (κ2) is 6.50. The third kappa shape index (κ3) is 5.41. The van der Waals surface area contributed by atoms with Crippen molar-refractivity contribution in [3.8, 4) is 0 Å². The minimum Gasteiger partial charge on any atom is -0.329 e.